The molecular formula is C10H19F3N2O. The van der Waals surface area contributed by atoms with Gasteiger partial charge in [0, 0.05) is 25.2 Å². The van der Waals surface area contributed by atoms with E-state index in [4.69, 9.17) is 0 Å². The van der Waals surface area contributed by atoms with Crippen LogP contribution in [0.25, 0.3) is 0 Å². The predicted octanol–water partition coefficient (Wildman–Crippen LogP) is 1.25. The van der Waals surface area contributed by atoms with Gasteiger partial charge >= 0.3 is 6.18 Å². The van der Waals surface area contributed by atoms with Crippen LogP contribution < -0.4 is 5.32 Å². The molecule has 3 nitrogen and oxygen atoms in total. The number of ether oxygens (including phenoxy) is 1. The molecule has 1 saturated heterocycles. The molecule has 0 aromatic carbocycles. The van der Waals surface area contributed by atoms with Crippen LogP contribution in [0.15, 0.2) is 0 Å². The number of alkyl halides is 3. The Hall–Kier alpha value is -0.330. The molecule has 0 radical (unpaired) electrons. The second kappa shape index (κ2) is 5.84. The van der Waals surface area contributed by atoms with Crippen molar-refractivity contribution in [2.24, 2.45) is 0 Å². The zero-order chi connectivity index (χ0) is 12.2. The summed E-state index contributed by atoms with van der Waals surface area (Å²) < 4.78 is 39.7. The van der Waals surface area contributed by atoms with E-state index in [0.717, 1.165) is 13.0 Å². The van der Waals surface area contributed by atoms with Crippen molar-refractivity contribution in [1.29, 1.82) is 0 Å². The van der Waals surface area contributed by atoms with Gasteiger partial charge in [-0.05, 0) is 20.4 Å². The molecule has 0 bridgehead atoms. The van der Waals surface area contributed by atoms with Crippen LogP contribution in [-0.4, -0.2) is 56.5 Å². The maximum atomic E-state index is 11.7. The van der Waals surface area contributed by atoms with Crippen LogP contribution in [0.3, 0.4) is 0 Å². The van der Waals surface area contributed by atoms with E-state index in [0.29, 0.717) is 18.6 Å². The maximum absolute atomic E-state index is 11.7. The number of rotatable bonds is 5. The number of likely N-dealkylation sites (N-methyl/N-ethyl adjacent to an activating group) is 1. The molecule has 0 amide bonds. The lowest BCUT2D eigenvalue weighted by Gasteiger charge is -2.13. The van der Waals surface area contributed by atoms with Crippen molar-refractivity contribution in [1.82, 2.24) is 10.2 Å². The van der Waals surface area contributed by atoms with Crippen LogP contribution in [0.4, 0.5) is 13.2 Å². The molecule has 0 saturated carbocycles. The third-order valence-corrected chi connectivity index (χ3v) is 2.83. The molecule has 1 N–H and O–H groups in total. The van der Waals surface area contributed by atoms with Crippen LogP contribution in [0.1, 0.15) is 13.3 Å². The number of likely N-dealkylation sites (tertiary alicyclic amines) is 1. The second-order valence-electron chi connectivity index (χ2n) is 4.34. The summed E-state index contributed by atoms with van der Waals surface area (Å²) in [7, 11) is 2.05. The van der Waals surface area contributed by atoms with Gasteiger partial charge in [0.2, 0.25) is 0 Å². The number of halogens is 3. The Labute approximate surface area is 93.9 Å². The Balaban J connectivity index is 2.00. The van der Waals surface area contributed by atoms with E-state index < -0.39 is 12.8 Å². The summed E-state index contributed by atoms with van der Waals surface area (Å²) in [6.45, 7) is 2.51. The summed E-state index contributed by atoms with van der Waals surface area (Å²) in [6, 6.07) is 0.906. The highest BCUT2D eigenvalue weighted by molar-refractivity contribution is 4.84. The minimum atomic E-state index is -4.22. The lowest BCUT2D eigenvalue weighted by molar-refractivity contribution is -0.173. The number of nitrogens with zero attached hydrogens (tertiary/aromatic N) is 1. The number of nitrogens with one attached hydrogen (secondary N) is 1. The molecule has 2 atom stereocenters. The summed E-state index contributed by atoms with van der Waals surface area (Å²) >= 11 is 0. The summed E-state index contributed by atoms with van der Waals surface area (Å²) in [5, 5.41) is 3.19. The zero-order valence-electron chi connectivity index (χ0n) is 9.68. The van der Waals surface area contributed by atoms with E-state index in [9.17, 15) is 13.2 Å². The van der Waals surface area contributed by atoms with Crippen LogP contribution in [0, 0.1) is 0 Å². The highest BCUT2D eigenvalue weighted by Gasteiger charge is 2.28. The van der Waals surface area contributed by atoms with E-state index in [1.54, 1.807) is 0 Å². The van der Waals surface area contributed by atoms with Crippen molar-refractivity contribution in [3.63, 3.8) is 0 Å². The molecule has 0 aliphatic carbocycles. The number of hydrogen-bond donors (Lipinski definition) is 1. The Morgan fingerprint density at radius 2 is 2.12 bits per heavy atom. The highest BCUT2D eigenvalue weighted by atomic mass is 19.4. The quantitative estimate of drug-likeness (QED) is 0.732. The Bertz CT molecular complexity index is 201. The molecule has 2 unspecified atom stereocenters. The summed E-state index contributed by atoms with van der Waals surface area (Å²) in [5.74, 6) is 0. The van der Waals surface area contributed by atoms with Crippen molar-refractivity contribution in [2.45, 2.75) is 31.6 Å². The van der Waals surface area contributed by atoms with E-state index >= 15 is 0 Å². The second-order valence-corrected chi connectivity index (χ2v) is 4.34. The molecule has 0 spiro atoms. The summed E-state index contributed by atoms with van der Waals surface area (Å²) in [5.41, 5.74) is 0. The minimum Gasteiger partial charge on any atom is -0.371 e. The molecule has 1 aliphatic heterocycles. The normalized spacial score (nSPS) is 27.6. The monoisotopic (exact) mass is 240 g/mol. The third kappa shape index (κ3) is 5.14. The zero-order valence-corrected chi connectivity index (χ0v) is 9.68. The van der Waals surface area contributed by atoms with Gasteiger partial charge in [0.05, 0.1) is 6.61 Å². The van der Waals surface area contributed by atoms with E-state index in [1.165, 1.54) is 0 Å². The van der Waals surface area contributed by atoms with Crippen LogP contribution in [-0.2, 0) is 4.74 Å². The van der Waals surface area contributed by atoms with Gasteiger partial charge in [0.15, 0.2) is 0 Å². The first-order chi connectivity index (χ1) is 7.38. The molecule has 0 aromatic rings. The van der Waals surface area contributed by atoms with Crippen LogP contribution in [0.2, 0.25) is 0 Å². The van der Waals surface area contributed by atoms with Crippen molar-refractivity contribution in [3.05, 3.63) is 0 Å². The standard InChI is InChI=1S/C10H19F3N2O/c1-8-5-9(6-15(8)2)14-3-4-16-7-10(11,12)13/h8-9,14H,3-7H2,1-2H3. The summed E-state index contributed by atoms with van der Waals surface area (Å²) in [6.07, 6.45) is -3.18. The van der Waals surface area contributed by atoms with Crippen LogP contribution >= 0.6 is 0 Å². The van der Waals surface area contributed by atoms with E-state index in [2.05, 4.69) is 21.9 Å². The smallest absolute Gasteiger partial charge is 0.371 e. The Morgan fingerprint density at radius 3 is 2.62 bits per heavy atom. The van der Waals surface area contributed by atoms with Gasteiger partial charge in [0.25, 0.3) is 0 Å². The van der Waals surface area contributed by atoms with Crippen molar-refractivity contribution in [2.75, 3.05) is 33.4 Å². The van der Waals surface area contributed by atoms with Crippen molar-refractivity contribution >= 4 is 0 Å². The topological polar surface area (TPSA) is 24.5 Å². The van der Waals surface area contributed by atoms with Gasteiger partial charge in [-0.2, -0.15) is 13.2 Å². The lowest BCUT2D eigenvalue weighted by Crippen LogP contribution is -2.34. The Morgan fingerprint density at radius 1 is 1.44 bits per heavy atom. The fraction of sp³-hybridized carbons (Fsp3) is 1.00. The van der Waals surface area contributed by atoms with Gasteiger partial charge in [-0.1, -0.05) is 0 Å². The minimum absolute atomic E-state index is 0.105. The van der Waals surface area contributed by atoms with E-state index in [-0.39, 0.29) is 6.61 Å². The average Bonchev–Trinajstić information content (AvgIpc) is 2.44. The molecule has 96 valence electrons. The lowest BCUT2D eigenvalue weighted by atomic mass is 10.2. The van der Waals surface area contributed by atoms with Gasteiger partial charge in [-0.15, -0.1) is 0 Å². The largest absolute Gasteiger partial charge is 0.411 e. The third-order valence-electron chi connectivity index (χ3n) is 2.83. The van der Waals surface area contributed by atoms with E-state index in [1.807, 2.05) is 7.05 Å². The molecule has 1 aliphatic rings. The first-order valence-electron chi connectivity index (χ1n) is 5.46. The average molecular weight is 240 g/mol. The molecule has 6 heteroatoms. The highest BCUT2D eigenvalue weighted by Crippen LogP contribution is 2.15. The van der Waals surface area contributed by atoms with Gasteiger partial charge in [-0.25, -0.2) is 0 Å². The van der Waals surface area contributed by atoms with Crippen molar-refractivity contribution < 1.29 is 17.9 Å². The molecule has 1 rings (SSSR count). The molecule has 1 heterocycles. The molecular weight excluding hydrogens is 221 g/mol. The van der Waals surface area contributed by atoms with Crippen molar-refractivity contribution in [3.8, 4) is 0 Å². The molecule has 1 fully saturated rings. The predicted molar refractivity (Wildman–Crippen MR) is 55.4 cm³/mol. The van der Waals surface area contributed by atoms with Gasteiger partial charge in [-0.3, -0.25) is 0 Å². The Kier molecular flexibility index (Phi) is 5.01. The molecule has 16 heavy (non-hydrogen) atoms. The van der Waals surface area contributed by atoms with Crippen LogP contribution in [0.5, 0.6) is 0 Å². The summed E-state index contributed by atoms with van der Waals surface area (Å²) in [4.78, 5) is 2.23. The van der Waals surface area contributed by atoms with Gasteiger partial charge < -0.3 is 15.0 Å². The maximum Gasteiger partial charge on any atom is 0.411 e. The fourth-order valence-corrected chi connectivity index (χ4v) is 1.86. The first kappa shape index (κ1) is 13.7. The van der Waals surface area contributed by atoms with Gasteiger partial charge in [0.1, 0.15) is 6.61 Å². The molecule has 0 aromatic heterocycles. The first-order valence-corrected chi connectivity index (χ1v) is 5.46. The number of hydrogen-bond acceptors (Lipinski definition) is 3. The SMILES string of the molecule is CC1CC(NCCOCC(F)(F)F)CN1C. The fourth-order valence-electron chi connectivity index (χ4n) is 1.86.